The van der Waals surface area contributed by atoms with Crippen molar-refractivity contribution in [3.63, 3.8) is 0 Å². The Kier molecular flexibility index (Phi) is 4.66. The molecule has 0 atom stereocenters. The van der Waals surface area contributed by atoms with Crippen LogP contribution < -0.4 is 10.6 Å². The fraction of sp³-hybridized carbons (Fsp3) is 0.500. The Hall–Kier alpha value is -2.74. The van der Waals surface area contributed by atoms with Crippen LogP contribution in [0.1, 0.15) is 37.0 Å². The molecule has 2 aliphatic rings. The zero-order valence-corrected chi connectivity index (χ0v) is 16.3. The monoisotopic (exact) mass is 382 g/mol. The van der Waals surface area contributed by atoms with E-state index < -0.39 is 5.54 Å². The van der Waals surface area contributed by atoms with Crippen LogP contribution in [-0.2, 0) is 4.79 Å². The summed E-state index contributed by atoms with van der Waals surface area (Å²) in [5.74, 6) is 0.00324. The lowest BCUT2D eigenvalue weighted by Gasteiger charge is -2.40. The normalized spacial score (nSPS) is 21.2. The first-order valence-electron chi connectivity index (χ1n) is 9.67. The lowest BCUT2D eigenvalue weighted by atomic mass is 9.85. The molecular formula is C20H26N6O2. The van der Waals surface area contributed by atoms with Crippen molar-refractivity contribution < 1.29 is 9.59 Å². The van der Waals surface area contributed by atoms with Crippen molar-refractivity contribution in [1.29, 1.82) is 0 Å². The Morgan fingerprint density at radius 1 is 1.14 bits per heavy atom. The van der Waals surface area contributed by atoms with Crippen molar-refractivity contribution in [1.82, 2.24) is 30.3 Å². The average molecular weight is 382 g/mol. The number of piperidine rings is 1. The number of nitrogens with zero attached hydrogens (tertiary/aromatic N) is 4. The van der Waals surface area contributed by atoms with Gasteiger partial charge in [-0.05, 0) is 30.4 Å². The van der Waals surface area contributed by atoms with Gasteiger partial charge in [0.2, 0.25) is 5.91 Å². The summed E-state index contributed by atoms with van der Waals surface area (Å²) in [6.45, 7) is 6.78. The minimum Gasteiger partial charge on any atom is -0.354 e. The SMILES string of the molecule is CC1(C)CNC(=O)C2(CCN(C(=O)c3ccccc3-n3cncn3)CC2)NC1. The van der Waals surface area contributed by atoms with E-state index in [0.29, 0.717) is 43.7 Å². The van der Waals surface area contributed by atoms with E-state index in [-0.39, 0.29) is 17.2 Å². The number of amides is 2. The quantitative estimate of drug-likeness (QED) is 0.808. The number of hydrogen-bond acceptors (Lipinski definition) is 5. The first-order valence-corrected chi connectivity index (χ1v) is 9.67. The lowest BCUT2D eigenvalue weighted by molar-refractivity contribution is -0.128. The fourth-order valence-electron chi connectivity index (χ4n) is 3.89. The highest BCUT2D eigenvalue weighted by Gasteiger charge is 2.45. The van der Waals surface area contributed by atoms with Crippen LogP contribution in [0.5, 0.6) is 0 Å². The largest absolute Gasteiger partial charge is 0.354 e. The summed E-state index contributed by atoms with van der Waals surface area (Å²) < 4.78 is 1.60. The number of benzene rings is 1. The highest BCUT2D eigenvalue weighted by Crippen LogP contribution is 2.28. The van der Waals surface area contributed by atoms with E-state index in [0.717, 1.165) is 6.54 Å². The van der Waals surface area contributed by atoms with E-state index >= 15 is 0 Å². The van der Waals surface area contributed by atoms with Gasteiger partial charge in [0.25, 0.3) is 5.91 Å². The van der Waals surface area contributed by atoms with Gasteiger partial charge in [0.1, 0.15) is 18.2 Å². The van der Waals surface area contributed by atoms with E-state index in [9.17, 15) is 9.59 Å². The number of rotatable bonds is 2. The van der Waals surface area contributed by atoms with E-state index in [1.165, 1.54) is 6.33 Å². The molecule has 0 radical (unpaired) electrons. The van der Waals surface area contributed by atoms with Crippen LogP contribution in [0.4, 0.5) is 0 Å². The minimum absolute atomic E-state index is 0.0167. The van der Waals surface area contributed by atoms with Crippen LogP contribution in [0.15, 0.2) is 36.9 Å². The van der Waals surface area contributed by atoms with Gasteiger partial charge in [-0.15, -0.1) is 0 Å². The Bertz CT molecular complexity index is 869. The summed E-state index contributed by atoms with van der Waals surface area (Å²) in [5.41, 5.74) is 0.722. The van der Waals surface area contributed by atoms with Crippen LogP contribution in [0.25, 0.3) is 5.69 Å². The van der Waals surface area contributed by atoms with Crippen LogP contribution in [0.2, 0.25) is 0 Å². The first-order chi connectivity index (χ1) is 13.4. The maximum absolute atomic E-state index is 13.2. The number of nitrogens with one attached hydrogen (secondary N) is 2. The van der Waals surface area contributed by atoms with E-state index in [1.54, 1.807) is 11.0 Å². The van der Waals surface area contributed by atoms with Crippen molar-refractivity contribution in [2.45, 2.75) is 32.2 Å². The van der Waals surface area contributed by atoms with Gasteiger partial charge >= 0.3 is 0 Å². The van der Waals surface area contributed by atoms with Gasteiger partial charge in [0.15, 0.2) is 0 Å². The molecule has 1 aromatic carbocycles. The molecule has 2 saturated heterocycles. The molecule has 0 saturated carbocycles. The summed E-state index contributed by atoms with van der Waals surface area (Å²) in [7, 11) is 0. The zero-order chi connectivity index (χ0) is 19.8. The molecule has 2 aromatic rings. The molecule has 8 heteroatoms. The Morgan fingerprint density at radius 3 is 2.61 bits per heavy atom. The summed E-state index contributed by atoms with van der Waals surface area (Å²) in [6.07, 6.45) is 4.24. The molecule has 2 N–H and O–H groups in total. The molecule has 2 fully saturated rings. The number of hydrogen-bond donors (Lipinski definition) is 2. The van der Waals surface area contributed by atoms with E-state index in [4.69, 9.17) is 0 Å². The van der Waals surface area contributed by atoms with Crippen molar-refractivity contribution in [2.75, 3.05) is 26.2 Å². The number of likely N-dealkylation sites (tertiary alicyclic amines) is 1. The molecule has 1 aromatic heterocycles. The van der Waals surface area contributed by atoms with Gasteiger partial charge in [-0.3, -0.25) is 9.59 Å². The number of carbonyl (C=O) groups is 2. The third-order valence-corrected chi connectivity index (χ3v) is 5.77. The minimum atomic E-state index is -0.587. The molecule has 148 valence electrons. The zero-order valence-electron chi connectivity index (χ0n) is 16.3. The molecular weight excluding hydrogens is 356 g/mol. The molecule has 8 nitrogen and oxygen atoms in total. The van der Waals surface area contributed by atoms with Crippen LogP contribution in [0, 0.1) is 5.41 Å². The Morgan fingerprint density at radius 2 is 1.89 bits per heavy atom. The second-order valence-electron chi connectivity index (χ2n) is 8.43. The average Bonchev–Trinajstić information content (AvgIpc) is 3.22. The Labute approximate surface area is 164 Å². The Balaban J connectivity index is 1.50. The van der Waals surface area contributed by atoms with Crippen molar-refractivity contribution in [2.24, 2.45) is 5.41 Å². The molecule has 3 heterocycles. The second-order valence-corrected chi connectivity index (χ2v) is 8.43. The molecule has 2 aliphatic heterocycles. The smallest absolute Gasteiger partial charge is 0.256 e. The summed E-state index contributed by atoms with van der Waals surface area (Å²) in [4.78, 5) is 31.7. The molecule has 1 spiro atoms. The number of carbonyl (C=O) groups excluding carboxylic acids is 2. The molecule has 0 bridgehead atoms. The first kappa shape index (κ1) is 18.6. The van der Waals surface area contributed by atoms with Crippen LogP contribution >= 0.6 is 0 Å². The van der Waals surface area contributed by atoms with Gasteiger partial charge in [0.05, 0.1) is 11.3 Å². The van der Waals surface area contributed by atoms with Crippen molar-refractivity contribution in [3.05, 3.63) is 42.5 Å². The van der Waals surface area contributed by atoms with Crippen molar-refractivity contribution in [3.8, 4) is 5.69 Å². The molecule has 4 rings (SSSR count). The van der Waals surface area contributed by atoms with E-state index in [2.05, 4.69) is 34.6 Å². The molecule has 2 amide bonds. The predicted octanol–water partition coefficient (Wildman–Crippen LogP) is 0.988. The molecule has 28 heavy (non-hydrogen) atoms. The van der Waals surface area contributed by atoms with Crippen LogP contribution in [-0.4, -0.2) is 63.2 Å². The van der Waals surface area contributed by atoms with Crippen molar-refractivity contribution >= 4 is 11.8 Å². The third-order valence-electron chi connectivity index (χ3n) is 5.77. The summed E-state index contributed by atoms with van der Waals surface area (Å²) >= 11 is 0. The number of aromatic nitrogens is 3. The summed E-state index contributed by atoms with van der Waals surface area (Å²) in [6, 6.07) is 7.39. The fourth-order valence-corrected chi connectivity index (χ4v) is 3.89. The molecule has 0 unspecified atom stereocenters. The third kappa shape index (κ3) is 3.40. The maximum Gasteiger partial charge on any atom is 0.256 e. The highest BCUT2D eigenvalue weighted by atomic mass is 16.2. The van der Waals surface area contributed by atoms with E-state index in [1.807, 2.05) is 29.2 Å². The number of para-hydroxylation sites is 1. The maximum atomic E-state index is 13.2. The van der Waals surface area contributed by atoms with Gasteiger partial charge < -0.3 is 15.5 Å². The predicted molar refractivity (Wildman–Crippen MR) is 104 cm³/mol. The summed E-state index contributed by atoms with van der Waals surface area (Å²) in [5, 5.41) is 10.7. The van der Waals surface area contributed by atoms with Crippen LogP contribution in [0.3, 0.4) is 0 Å². The topological polar surface area (TPSA) is 92.2 Å². The van der Waals surface area contributed by atoms with Gasteiger partial charge in [0, 0.05) is 26.2 Å². The van der Waals surface area contributed by atoms with Gasteiger partial charge in [-0.1, -0.05) is 26.0 Å². The standard InChI is InChI=1S/C20H26N6O2/c1-19(2)11-22-18(28)20(23-12-19)7-9-25(10-8-20)17(27)15-5-3-4-6-16(15)26-14-21-13-24-26/h3-6,13-14,23H,7-12H2,1-2H3,(H,22,28). The lowest BCUT2D eigenvalue weighted by Crippen LogP contribution is -2.61. The molecule has 0 aliphatic carbocycles. The van der Waals surface area contributed by atoms with Gasteiger partial charge in [-0.25, -0.2) is 9.67 Å². The highest BCUT2D eigenvalue weighted by molar-refractivity contribution is 5.98. The van der Waals surface area contributed by atoms with Gasteiger partial charge in [-0.2, -0.15) is 5.10 Å². The second kappa shape index (κ2) is 7.01.